The van der Waals surface area contributed by atoms with Crippen LogP contribution in [0.25, 0.3) is 0 Å². The highest BCUT2D eigenvalue weighted by molar-refractivity contribution is 9.10. The third-order valence-electron chi connectivity index (χ3n) is 2.60. The van der Waals surface area contributed by atoms with E-state index in [4.69, 9.17) is 17.3 Å². The Balaban J connectivity index is 2.07. The van der Waals surface area contributed by atoms with Gasteiger partial charge in [0.1, 0.15) is 0 Å². The molecule has 0 aliphatic rings. The summed E-state index contributed by atoms with van der Waals surface area (Å²) < 4.78 is 0.814. The van der Waals surface area contributed by atoms with Gasteiger partial charge in [0.05, 0.1) is 5.56 Å². The molecule has 0 saturated heterocycles. The summed E-state index contributed by atoms with van der Waals surface area (Å²) in [7, 11) is 0. The van der Waals surface area contributed by atoms with Gasteiger partial charge in [-0.15, -0.1) is 0 Å². The molecule has 1 amide bonds. The Kier molecular flexibility index (Phi) is 4.45. The molecule has 3 N–H and O–H groups in total. The number of amides is 1. The number of anilines is 1. The lowest BCUT2D eigenvalue weighted by Crippen LogP contribution is -2.23. The van der Waals surface area contributed by atoms with Crippen molar-refractivity contribution in [3.63, 3.8) is 0 Å². The lowest BCUT2D eigenvalue weighted by molar-refractivity contribution is 0.0951. The first-order valence-electron chi connectivity index (χ1n) is 5.64. The first-order valence-corrected chi connectivity index (χ1v) is 6.81. The van der Waals surface area contributed by atoms with Crippen molar-refractivity contribution in [2.45, 2.75) is 6.54 Å². The zero-order valence-electron chi connectivity index (χ0n) is 9.99. The van der Waals surface area contributed by atoms with Crippen LogP contribution < -0.4 is 11.1 Å². The van der Waals surface area contributed by atoms with Crippen molar-refractivity contribution in [2.75, 3.05) is 5.73 Å². The van der Waals surface area contributed by atoms with Crippen LogP contribution in [0.2, 0.25) is 5.02 Å². The number of nitrogens with two attached hydrogens (primary N) is 1. The highest BCUT2D eigenvalue weighted by atomic mass is 79.9. The quantitative estimate of drug-likeness (QED) is 0.839. The fraction of sp³-hybridized carbons (Fsp3) is 0.0714. The molecular weight excluding hydrogens is 328 g/mol. The van der Waals surface area contributed by atoms with Gasteiger partial charge in [-0.3, -0.25) is 4.79 Å². The molecule has 2 aromatic rings. The van der Waals surface area contributed by atoms with E-state index < -0.39 is 0 Å². The minimum Gasteiger partial charge on any atom is -0.398 e. The highest BCUT2D eigenvalue weighted by Gasteiger charge is 2.09. The lowest BCUT2D eigenvalue weighted by Gasteiger charge is -2.08. The van der Waals surface area contributed by atoms with Crippen LogP contribution in [0.3, 0.4) is 0 Å². The predicted octanol–water partition coefficient (Wildman–Crippen LogP) is 3.61. The fourth-order valence-electron chi connectivity index (χ4n) is 1.65. The van der Waals surface area contributed by atoms with E-state index in [1.165, 1.54) is 0 Å². The Morgan fingerprint density at radius 3 is 2.79 bits per heavy atom. The van der Waals surface area contributed by atoms with Gasteiger partial charge < -0.3 is 11.1 Å². The second kappa shape index (κ2) is 6.08. The van der Waals surface area contributed by atoms with Crippen LogP contribution >= 0.6 is 27.5 Å². The first kappa shape index (κ1) is 13.9. The zero-order chi connectivity index (χ0) is 13.8. The van der Waals surface area contributed by atoms with Crippen molar-refractivity contribution in [2.24, 2.45) is 0 Å². The second-order valence-electron chi connectivity index (χ2n) is 4.04. The van der Waals surface area contributed by atoms with E-state index in [1.54, 1.807) is 24.3 Å². The van der Waals surface area contributed by atoms with Gasteiger partial charge in [0.15, 0.2) is 0 Å². The molecule has 0 aliphatic carbocycles. The first-order chi connectivity index (χ1) is 9.06. The Labute approximate surface area is 124 Å². The number of rotatable bonds is 3. The minimum absolute atomic E-state index is 0.209. The van der Waals surface area contributed by atoms with Crippen molar-refractivity contribution in [3.05, 3.63) is 63.1 Å². The average molecular weight is 340 g/mol. The van der Waals surface area contributed by atoms with E-state index in [9.17, 15) is 4.79 Å². The summed E-state index contributed by atoms with van der Waals surface area (Å²) in [5.74, 6) is -0.209. The molecule has 0 saturated carbocycles. The van der Waals surface area contributed by atoms with Crippen molar-refractivity contribution in [1.29, 1.82) is 0 Å². The second-order valence-corrected chi connectivity index (χ2v) is 5.40. The summed E-state index contributed by atoms with van der Waals surface area (Å²) in [4.78, 5) is 12.0. The molecule has 19 heavy (non-hydrogen) atoms. The van der Waals surface area contributed by atoms with Gasteiger partial charge >= 0.3 is 0 Å². The van der Waals surface area contributed by atoms with Gasteiger partial charge in [-0.2, -0.15) is 0 Å². The summed E-state index contributed by atoms with van der Waals surface area (Å²) in [5.41, 5.74) is 7.63. The average Bonchev–Trinajstić information content (AvgIpc) is 2.39. The van der Waals surface area contributed by atoms with E-state index >= 15 is 0 Å². The number of hydrogen-bond donors (Lipinski definition) is 2. The van der Waals surface area contributed by atoms with Gasteiger partial charge in [0.2, 0.25) is 0 Å². The lowest BCUT2D eigenvalue weighted by atomic mass is 10.1. The molecular formula is C14H12BrClN2O. The summed E-state index contributed by atoms with van der Waals surface area (Å²) in [6.45, 7) is 0.408. The number of halogens is 2. The van der Waals surface area contributed by atoms with Crippen molar-refractivity contribution >= 4 is 39.1 Å². The van der Waals surface area contributed by atoms with Crippen molar-refractivity contribution < 1.29 is 4.79 Å². The van der Waals surface area contributed by atoms with Gasteiger partial charge in [0, 0.05) is 21.7 Å². The molecule has 0 fully saturated rings. The Morgan fingerprint density at radius 2 is 2.05 bits per heavy atom. The topological polar surface area (TPSA) is 55.1 Å². The van der Waals surface area contributed by atoms with E-state index in [-0.39, 0.29) is 5.91 Å². The molecule has 0 atom stereocenters. The van der Waals surface area contributed by atoms with Gasteiger partial charge in [-0.25, -0.2) is 0 Å². The maximum Gasteiger partial charge on any atom is 0.253 e. The number of nitrogen functional groups attached to an aromatic ring is 1. The van der Waals surface area contributed by atoms with Crippen LogP contribution in [-0.2, 0) is 6.54 Å². The summed E-state index contributed by atoms with van der Waals surface area (Å²) in [6, 6.07) is 12.5. The largest absolute Gasteiger partial charge is 0.398 e. The number of carbonyl (C=O) groups excluding carboxylic acids is 1. The molecule has 2 aromatic carbocycles. The summed E-state index contributed by atoms with van der Waals surface area (Å²) in [5, 5.41) is 3.46. The fourth-order valence-corrected chi connectivity index (χ4v) is 2.22. The number of benzene rings is 2. The zero-order valence-corrected chi connectivity index (χ0v) is 12.3. The maximum absolute atomic E-state index is 12.0. The van der Waals surface area contributed by atoms with Crippen LogP contribution in [0.15, 0.2) is 46.9 Å². The normalized spacial score (nSPS) is 10.2. The Bertz CT molecular complexity index is 616. The predicted molar refractivity (Wildman–Crippen MR) is 81.2 cm³/mol. The monoisotopic (exact) mass is 338 g/mol. The van der Waals surface area contributed by atoms with Gasteiger partial charge in [-0.05, 0) is 35.9 Å². The summed E-state index contributed by atoms with van der Waals surface area (Å²) in [6.07, 6.45) is 0. The standard InChI is InChI=1S/C14H12BrClN2O/c15-10-4-5-13(17)12(7-10)14(19)18-8-9-2-1-3-11(16)6-9/h1-7H,8,17H2,(H,18,19). The van der Waals surface area contributed by atoms with E-state index in [0.717, 1.165) is 10.0 Å². The molecule has 0 aliphatic heterocycles. The number of hydrogen-bond acceptors (Lipinski definition) is 2. The number of nitrogens with one attached hydrogen (secondary N) is 1. The van der Waals surface area contributed by atoms with Crippen molar-refractivity contribution in [3.8, 4) is 0 Å². The molecule has 0 spiro atoms. The molecule has 0 aromatic heterocycles. The third kappa shape index (κ3) is 3.72. The molecule has 3 nitrogen and oxygen atoms in total. The third-order valence-corrected chi connectivity index (χ3v) is 3.33. The molecule has 0 radical (unpaired) electrons. The molecule has 0 bridgehead atoms. The van der Waals surface area contributed by atoms with Crippen LogP contribution in [0.4, 0.5) is 5.69 Å². The van der Waals surface area contributed by atoms with Crippen LogP contribution in [-0.4, -0.2) is 5.91 Å². The van der Waals surface area contributed by atoms with E-state index in [0.29, 0.717) is 22.8 Å². The smallest absolute Gasteiger partial charge is 0.253 e. The minimum atomic E-state index is -0.209. The molecule has 98 valence electrons. The van der Waals surface area contributed by atoms with E-state index in [1.807, 2.05) is 18.2 Å². The summed E-state index contributed by atoms with van der Waals surface area (Å²) >= 11 is 9.20. The maximum atomic E-state index is 12.0. The SMILES string of the molecule is Nc1ccc(Br)cc1C(=O)NCc1cccc(Cl)c1. The Hall–Kier alpha value is -1.52. The highest BCUT2D eigenvalue weighted by Crippen LogP contribution is 2.18. The molecule has 2 rings (SSSR count). The van der Waals surface area contributed by atoms with Gasteiger partial charge in [0.25, 0.3) is 5.91 Å². The molecule has 5 heteroatoms. The van der Waals surface area contributed by atoms with Crippen LogP contribution in [0, 0.1) is 0 Å². The van der Waals surface area contributed by atoms with Gasteiger partial charge in [-0.1, -0.05) is 39.7 Å². The van der Waals surface area contributed by atoms with E-state index in [2.05, 4.69) is 21.2 Å². The van der Waals surface area contributed by atoms with Crippen LogP contribution in [0.5, 0.6) is 0 Å². The van der Waals surface area contributed by atoms with Crippen LogP contribution in [0.1, 0.15) is 15.9 Å². The number of carbonyl (C=O) groups is 1. The molecule has 0 unspecified atom stereocenters. The Morgan fingerprint density at radius 1 is 1.26 bits per heavy atom. The molecule has 0 heterocycles. The van der Waals surface area contributed by atoms with Crippen molar-refractivity contribution in [1.82, 2.24) is 5.32 Å².